The second-order valence-corrected chi connectivity index (χ2v) is 4.10. The maximum absolute atomic E-state index is 13.1. The maximum atomic E-state index is 13.1. The molecule has 4 nitrogen and oxygen atoms in total. The first-order chi connectivity index (χ1) is 7.74. The lowest BCUT2D eigenvalue weighted by Gasteiger charge is -2.38. The number of hydrogen-bond acceptors (Lipinski definition) is 3. The number of carbonyl (C=O) groups is 2. The van der Waals surface area contributed by atoms with Crippen molar-refractivity contribution >= 4 is 11.7 Å². The number of nitrogens with zero attached hydrogens (tertiary/aromatic N) is 1. The monoisotopic (exact) mass is 253 g/mol. The van der Waals surface area contributed by atoms with Gasteiger partial charge in [0.05, 0.1) is 7.11 Å². The summed E-state index contributed by atoms with van der Waals surface area (Å²) in [4.78, 5) is 27.3. The molecule has 0 atom stereocenters. The van der Waals surface area contributed by atoms with E-state index in [9.17, 15) is 22.8 Å². The van der Waals surface area contributed by atoms with Gasteiger partial charge >= 0.3 is 6.18 Å². The van der Waals surface area contributed by atoms with E-state index < -0.39 is 30.3 Å². The van der Waals surface area contributed by atoms with Crippen molar-refractivity contribution in [3.63, 3.8) is 0 Å². The summed E-state index contributed by atoms with van der Waals surface area (Å²) in [7, 11) is 2.25. The molecule has 0 aliphatic heterocycles. The molecule has 1 aliphatic rings. The number of ketones is 1. The summed E-state index contributed by atoms with van der Waals surface area (Å²) in [5, 5.41) is 0.573. The molecule has 0 unspecified atom stereocenters. The van der Waals surface area contributed by atoms with Crippen LogP contribution in [-0.4, -0.2) is 37.1 Å². The molecule has 98 valence electrons. The minimum atomic E-state index is -4.67. The van der Waals surface area contributed by atoms with Gasteiger partial charge in [-0.05, 0) is 12.8 Å². The van der Waals surface area contributed by atoms with Crippen LogP contribution in [0.3, 0.4) is 0 Å². The van der Waals surface area contributed by atoms with Crippen LogP contribution in [0.25, 0.3) is 0 Å². The van der Waals surface area contributed by atoms with Gasteiger partial charge in [-0.15, -0.1) is 0 Å². The molecular weight excluding hydrogens is 239 g/mol. The zero-order chi connectivity index (χ0) is 13.3. The smallest absolute Gasteiger partial charge is 0.300 e. The standard InChI is InChI=1S/C10H14F3NO3/c1-14(17-2)8(16)9(10(11,12)13)5-3-7(15)4-6-9/h3-6H2,1-2H3. The van der Waals surface area contributed by atoms with Crippen LogP contribution in [-0.2, 0) is 14.4 Å². The van der Waals surface area contributed by atoms with Crippen LogP contribution in [0.1, 0.15) is 25.7 Å². The molecule has 7 heteroatoms. The average molecular weight is 253 g/mol. The first-order valence-electron chi connectivity index (χ1n) is 5.15. The third-order valence-electron chi connectivity index (χ3n) is 3.17. The first kappa shape index (κ1) is 14.0. The highest BCUT2D eigenvalue weighted by atomic mass is 19.4. The van der Waals surface area contributed by atoms with Gasteiger partial charge in [0.1, 0.15) is 11.2 Å². The second-order valence-electron chi connectivity index (χ2n) is 4.10. The minimum absolute atomic E-state index is 0.219. The summed E-state index contributed by atoms with van der Waals surface area (Å²) < 4.78 is 39.2. The Morgan fingerprint density at radius 1 is 1.35 bits per heavy atom. The van der Waals surface area contributed by atoms with Crippen molar-refractivity contribution in [3.8, 4) is 0 Å². The first-order valence-corrected chi connectivity index (χ1v) is 5.15. The van der Waals surface area contributed by atoms with Gasteiger partial charge in [0.25, 0.3) is 5.91 Å². The van der Waals surface area contributed by atoms with E-state index in [1.54, 1.807) is 0 Å². The predicted octanol–water partition coefficient (Wildman–Crippen LogP) is 1.70. The fourth-order valence-corrected chi connectivity index (χ4v) is 1.96. The molecule has 1 fully saturated rings. The number of hydrogen-bond donors (Lipinski definition) is 0. The molecule has 0 aromatic heterocycles. The Bertz CT molecular complexity index is 317. The van der Waals surface area contributed by atoms with Gasteiger partial charge in [-0.3, -0.25) is 14.4 Å². The van der Waals surface area contributed by atoms with Gasteiger partial charge in [-0.2, -0.15) is 13.2 Å². The van der Waals surface area contributed by atoms with Gasteiger partial charge in [-0.1, -0.05) is 0 Å². The fraction of sp³-hybridized carbons (Fsp3) is 0.800. The molecule has 0 radical (unpaired) electrons. The van der Waals surface area contributed by atoms with E-state index in [1.165, 1.54) is 0 Å². The van der Waals surface area contributed by atoms with Crippen molar-refractivity contribution in [2.45, 2.75) is 31.9 Å². The molecule has 0 bridgehead atoms. The average Bonchev–Trinajstić information content (AvgIpc) is 2.26. The predicted molar refractivity (Wildman–Crippen MR) is 51.7 cm³/mol. The van der Waals surface area contributed by atoms with Gasteiger partial charge in [0, 0.05) is 19.9 Å². The van der Waals surface area contributed by atoms with Gasteiger partial charge in [-0.25, -0.2) is 5.06 Å². The van der Waals surface area contributed by atoms with Gasteiger partial charge < -0.3 is 0 Å². The zero-order valence-corrected chi connectivity index (χ0v) is 9.63. The molecule has 0 aromatic rings. The molecular formula is C10H14F3NO3. The Labute approximate surface area is 96.7 Å². The largest absolute Gasteiger partial charge is 0.403 e. The Kier molecular flexibility index (Phi) is 3.81. The molecule has 1 amide bonds. The molecule has 0 spiro atoms. The van der Waals surface area contributed by atoms with Crippen molar-refractivity contribution < 1.29 is 27.6 Å². The second kappa shape index (κ2) is 4.64. The van der Waals surface area contributed by atoms with Gasteiger partial charge in [0.2, 0.25) is 0 Å². The molecule has 1 saturated carbocycles. The highest BCUT2D eigenvalue weighted by Crippen LogP contribution is 2.49. The van der Waals surface area contributed by atoms with Crippen LogP contribution < -0.4 is 0 Å². The number of halogens is 3. The summed E-state index contributed by atoms with van der Waals surface area (Å²) in [5.74, 6) is -1.38. The molecule has 0 N–H and O–H groups in total. The van der Waals surface area contributed by atoms with E-state index in [0.29, 0.717) is 5.06 Å². The normalized spacial score (nSPS) is 20.2. The van der Waals surface area contributed by atoms with Crippen LogP contribution in [0.15, 0.2) is 0 Å². The van der Waals surface area contributed by atoms with E-state index in [1.807, 2.05) is 0 Å². The quantitative estimate of drug-likeness (QED) is 0.704. The SMILES string of the molecule is CON(C)C(=O)C1(C(F)(F)F)CCC(=O)CC1. The number of alkyl halides is 3. The number of rotatable bonds is 2. The van der Waals surface area contributed by atoms with E-state index >= 15 is 0 Å². The molecule has 1 aliphatic carbocycles. The van der Waals surface area contributed by atoms with Crippen LogP contribution in [0.4, 0.5) is 13.2 Å². The van der Waals surface area contributed by atoms with Crippen molar-refractivity contribution in [1.29, 1.82) is 0 Å². The lowest BCUT2D eigenvalue weighted by molar-refractivity contribution is -0.248. The molecule has 0 saturated heterocycles. The molecule has 0 aromatic carbocycles. The summed E-state index contributed by atoms with van der Waals surface area (Å²) in [6.45, 7) is 0. The highest BCUT2D eigenvalue weighted by molar-refractivity contribution is 5.87. The van der Waals surface area contributed by atoms with E-state index in [-0.39, 0.29) is 18.6 Å². The third kappa shape index (κ3) is 2.43. The van der Waals surface area contributed by atoms with Crippen molar-refractivity contribution in [2.75, 3.05) is 14.2 Å². The highest BCUT2D eigenvalue weighted by Gasteiger charge is 2.61. The van der Waals surface area contributed by atoms with Crippen LogP contribution in [0.2, 0.25) is 0 Å². The van der Waals surface area contributed by atoms with Crippen LogP contribution >= 0.6 is 0 Å². The van der Waals surface area contributed by atoms with Crippen LogP contribution in [0, 0.1) is 5.41 Å². The third-order valence-corrected chi connectivity index (χ3v) is 3.17. The minimum Gasteiger partial charge on any atom is -0.300 e. The summed E-state index contributed by atoms with van der Waals surface area (Å²) in [6, 6.07) is 0. The zero-order valence-electron chi connectivity index (χ0n) is 9.63. The van der Waals surface area contributed by atoms with Gasteiger partial charge in [0.15, 0.2) is 0 Å². The van der Waals surface area contributed by atoms with Crippen molar-refractivity contribution in [1.82, 2.24) is 5.06 Å². The number of carbonyl (C=O) groups excluding carboxylic acids is 2. The number of Topliss-reactive ketones (excluding diaryl/α,β-unsaturated/α-hetero) is 1. The van der Waals surface area contributed by atoms with E-state index in [2.05, 4.69) is 4.84 Å². The van der Waals surface area contributed by atoms with Crippen LogP contribution in [0.5, 0.6) is 0 Å². The molecule has 0 heterocycles. The number of hydroxylamine groups is 2. The Balaban J connectivity index is 3.04. The lowest BCUT2D eigenvalue weighted by atomic mass is 9.72. The maximum Gasteiger partial charge on any atom is 0.403 e. The molecule has 17 heavy (non-hydrogen) atoms. The van der Waals surface area contributed by atoms with E-state index in [0.717, 1.165) is 14.2 Å². The summed E-state index contributed by atoms with van der Waals surface area (Å²) in [6.07, 6.45) is -6.10. The Hall–Kier alpha value is -1.11. The summed E-state index contributed by atoms with van der Waals surface area (Å²) >= 11 is 0. The fourth-order valence-electron chi connectivity index (χ4n) is 1.96. The van der Waals surface area contributed by atoms with Crippen molar-refractivity contribution in [3.05, 3.63) is 0 Å². The Morgan fingerprint density at radius 3 is 2.18 bits per heavy atom. The van der Waals surface area contributed by atoms with Crippen molar-refractivity contribution in [2.24, 2.45) is 5.41 Å². The Morgan fingerprint density at radius 2 is 1.82 bits per heavy atom. The summed E-state index contributed by atoms with van der Waals surface area (Å²) in [5.41, 5.74) is -2.48. The molecule has 1 rings (SSSR count). The lowest BCUT2D eigenvalue weighted by Crippen LogP contribution is -2.52. The topological polar surface area (TPSA) is 46.6 Å². The van der Waals surface area contributed by atoms with E-state index in [4.69, 9.17) is 0 Å². The number of amides is 1.